The molecule has 0 amide bonds. The average Bonchev–Trinajstić information content (AvgIpc) is 2.88. The van der Waals surface area contributed by atoms with E-state index >= 15 is 4.39 Å². The standard InChI is InChI=1S/C19H20FN/c20-19(12-17-10-11-18(13-19)21-17)16-8-6-15(7-9-16)14-4-2-1-3-5-14/h1-9,17-18,21H,10-13H2. The fourth-order valence-corrected chi connectivity index (χ4v) is 3.92. The molecular formula is C19H20FN. The smallest absolute Gasteiger partial charge is 0.139 e. The molecule has 2 aliphatic rings. The molecule has 2 aliphatic heterocycles. The van der Waals surface area contributed by atoms with Gasteiger partial charge in [0.2, 0.25) is 0 Å². The summed E-state index contributed by atoms with van der Waals surface area (Å²) in [5.74, 6) is 0. The summed E-state index contributed by atoms with van der Waals surface area (Å²) in [4.78, 5) is 0. The summed E-state index contributed by atoms with van der Waals surface area (Å²) >= 11 is 0. The zero-order valence-corrected chi connectivity index (χ0v) is 12.1. The van der Waals surface area contributed by atoms with Crippen LogP contribution in [0.3, 0.4) is 0 Å². The Bertz CT molecular complexity index is 608. The minimum atomic E-state index is -1.15. The highest BCUT2D eigenvalue weighted by Crippen LogP contribution is 2.44. The van der Waals surface area contributed by atoms with Crippen LogP contribution >= 0.6 is 0 Å². The first kappa shape index (κ1) is 13.0. The van der Waals surface area contributed by atoms with Crippen molar-refractivity contribution < 1.29 is 4.39 Å². The van der Waals surface area contributed by atoms with Gasteiger partial charge >= 0.3 is 0 Å². The van der Waals surface area contributed by atoms with Gasteiger partial charge in [-0.1, -0.05) is 54.6 Å². The SMILES string of the molecule is FC1(c2ccc(-c3ccccc3)cc2)CC2CCC(C1)N2. The summed E-state index contributed by atoms with van der Waals surface area (Å²) < 4.78 is 15.3. The number of nitrogens with one attached hydrogen (secondary N) is 1. The number of fused-ring (bicyclic) bond motifs is 2. The lowest BCUT2D eigenvalue weighted by Crippen LogP contribution is -2.44. The largest absolute Gasteiger partial charge is 0.311 e. The number of hydrogen-bond acceptors (Lipinski definition) is 1. The van der Waals surface area contributed by atoms with Gasteiger partial charge in [0.25, 0.3) is 0 Å². The van der Waals surface area contributed by atoms with Crippen molar-refractivity contribution in [2.45, 2.75) is 43.4 Å². The van der Waals surface area contributed by atoms with Crippen LogP contribution in [0.4, 0.5) is 4.39 Å². The van der Waals surface area contributed by atoms with Crippen LogP contribution in [-0.2, 0) is 5.67 Å². The van der Waals surface area contributed by atoms with E-state index in [1.807, 2.05) is 30.3 Å². The van der Waals surface area contributed by atoms with E-state index in [1.54, 1.807) is 0 Å². The van der Waals surface area contributed by atoms with E-state index in [0.717, 1.165) is 24.0 Å². The van der Waals surface area contributed by atoms with Crippen molar-refractivity contribution in [3.05, 3.63) is 60.2 Å². The molecule has 0 saturated carbocycles. The Morgan fingerprint density at radius 3 is 2.00 bits per heavy atom. The van der Waals surface area contributed by atoms with Crippen molar-refractivity contribution in [1.29, 1.82) is 0 Å². The molecule has 1 N–H and O–H groups in total. The third-order valence-electron chi connectivity index (χ3n) is 4.98. The van der Waals surface area contributed by atoms with E-state index in [-0.39, 0.29) is 0 Å². The Morgan fingerprint density at radius 2 is 1.38 bits per heavy atom. The van der Waals surface area contributed by atoms with Gasteiger partial charge in [0, 0.05) is 24.9 Å². The Labute approximate surface area is 125 Å². The maximum atomic E-state index is 15.3. The molecule has 2 aromatic rings. The van der Waals surface area contributed by atoms with E-state index < -0.39 is 5.67 Å². The van der Waals surface area contributed by atoms with Crippen LogP contribution in [-0.4, -0.2) is 12.1 Å². The second kappa shape index (κ2) is 4.96. The summed E-state index contributed by atoms with van der Waals surface area (Å²) in [6.45, 7) is 0. The molecule has 2 fully saturated rings. The topological polar surface area (TPSA) is 12.0 Å². The van der Waals surface area contributed by atoms with Crippen LogP contribution in [0.15, 0.2) is 54.6 Å². The first-order valence-corrected chi connectivity index (χ1v) is 7.84. The number of halogens is 1. The molecule has 1 nitrogen and oxygen atoms in total. The summed E-state index contributed by atoms with van der Waals surface area (Å²) in [6.07, 6.45) is 3.49. The summed E-state index contributed by atoms with van der Waals surface area (Å²) in [7, 11) is 0. The zero-order valence-electron chi connectivity index (χ0n) is 12.1. The molecule has 2 unspecified atom stereocenters. The highest BCUT2D eigenvalue weighted by molar-refractivity contribution is 5.63. The number of benzene rings is 2. The predicted octanol–water partition coefficient (Wildman–Crippen LogP) is 4.43. The molecule has 108 valence electrons. The molecular weight excluding hydrogens is 261 g/mol. The summed E-state index contributed by atoms with van der Waals surface area (Å²) in [6, 6.07) is 19.0. The van der Waals surface area contributed by atoms with E-state index in [2.05, 4.69) is 29.6 Å². The van der Waals surface area contributed by atoms with Crippen molar-refractivity contribution in [2.24, 2.45) is 0 Å². The van der Waals surface area contributed by atoms with E-state index in [9.17, 15) is 0 Å². The lowest BCUT2D eigenvalue weighted by atomic mass is 9.82. The predicted molar refractivity (Wildman–Crippen MR) is 83.8 cm³/mol. The molecule has 2 bridgehead atoms. The Kier molecular flexibility index (Phi) is 3.07. The monoisotopic (exact) mass is 281 g/mol. The molecule has 2 aromatic carbocycles. The first-order chi connectivity index (χ1) is 10.2. The number of alkyl halides is 1. The number of piperidine rings is 1. The zero-order chi connectivity index (χ0) is 14.3. The van der Waals surface area contributed by atoms with Crippen LogP contribution < -0.4 is 5.32 Å². The fourth-order valence-electron chi connectivity index (χ4n) is 3.92. The van der Waals surface area contributed by atoms with Crippen molar-refractivity contribution in [3.8, 4) is 11.1 Å². The second-order valence-electron chi connectivity index (χ2n) is 6.45. The van der Waals surface area contributed by atoms with Crippen molar-refractivity contribution in [2.75, 3.05) is 0 Å². The molecule has 2 saturated heterocycles. The summed E-state index contributed by atoms with van der Waals surface area (Å²) in [5.41, 5.74) is 2.04. The Morgan fingerprint density at radius 1 is 0.810 bits per heavy atom. The van der Waals surface area contributed by atoms with Gasteiger partial charge in [0.05, 0.1) is 0 Å². The van der Waals surface area contributed by atoms with Gasteiger partial charge in [0.1, 0.15) is 5.67 Å². The van der Waals surface area contributed by atoms with Gasteiger partial charge < -0.3 is 5.32 Å². The molecule has 0 aromatic heterocycles. The number of hydrogen-bond donors (Lipinski definition) is 1. The van der Waals surface area contributed by atoms with Crippen molar-refractivity contribution in [1.82, 2.24) is 5.32 Å². The molecule has 4 rings (SSSR count). The van der Waals surface area contributed by atoms with Crippen molar-refractivity contribution in [3.63, 3.8) is 0 Å². The first-order valence-electron chi connectivity index (χ1n) is 7.84. The van der Waals surface area contributed by atoms with Gasteiger partial charge in [-0.05, 0) is 29.5 Å². The third kappa shape index (κ3) is 2.38. The lowest BCUT2D eigenvalue weighted by Gasteiger charge is -2.35. The highest BCUT2D eigenvalue weighted by atomic mass is 19.1. The van der Waals surface area contributed by atoms with Crippen LogP contribution in [0.2, 0.25) is 0 Å². The second-order valence-corrected chi connectivity index (χ2v) is 6.45. The van der Waals surface area contributed by atoms with Gasteiger partial charge in [-0.15, -0.1) is 0 Å². The Hall–Kier alpha value is -1.67. The van der Waals surface area contributed by atoms with E-state index in [1.165, 1.54) is 5.56 Å². The van der Waals surface area contributed by atoms with Gasteiger partial charge in [-0.25, -0.2) is 4.39 Å². The van der Waals surface area contributed by atoms with Gasteiger partial charge in [-0.2, -0.15) is 0 Å². The maximum absolute atomic E-state index is 15.3. The minimum Gasteiger partial charge on any atom is -0.311 e. The molecule has 2 heterocycles. The molecule has 21 heavy (non-hydrogen) atoms. The van der Waals surface area contributed by atoms with Crippen LogP contribution in [0.5, 0.6) is 0 Å². The molecule has 2 atom stereocenters. The Balaban J connectivity index is 1.62. The van der Waals surface area contributed by atoms with Crippen LogP contribution in [0.1, 0.15) is 31.2 Å². The molecule has 0 radical (unpaired) electrons. The highest BCUT2D eigenvalue weighted by Gasteiger charge is 2.44. The van der Waals surface area contributed by atoms with Crippen LogP contribution in [0, 0.1) is 0 Å². The summed E-state index contributed by atoms with van der Waals surface area (Å²) in [5, 5.41) is 3.51. The van der Waals surface area contributed by atoms with Gasteiger partial charge in [-0.3, -0.25) is 0 Å². The van der Waals surface area contributed by atoms with Crippen LogP contribution in [0.25, 0.3) is 11.1 Å². The van der Waals surface area contributed by atoms with E-state index in [0.29, 0.717) is 24.9 Å². The normalized spacial score (nSPS) is 31.3. The van der Waals surface area contributed by atoms with Crippen molar-refractivity contribution >= 4 is 0 Å². The van der Waals surface area contributed by atoms with E-state index in [4.69, 9.17) is 0 Å². The fraction of sp³-hybridized carbons (Fsp3) is 0.368. The molecule has 0 spiro atoms. The molecule has 2 heteroatoms. The lowest BCUT2D eigenvalue weighted by molar-refractivity contribution is 0.0874. The maximum Gasteiger partial charge on any atom is 0.139 e. The number of rotatable bonds is 2. The third-order valence-corrected chi connectivity index (χ3v) is 4.98. The molecule has 0 aliphatic carbocycles. The average molecular weight is 281 g/mol. The minimum absolute atomic E-state index is 0.363. The van der Waals surface area contributed by atoms with Gasteiger partial charge in [0.15, 0.2) is 0 Å². The quantitative estimate of drug-likeness (QED) is 0.858.